The number of nitrogens with one attached hydrogen (secondary N) is 1. The topological polar surface area (TPSA) is 106 Å². The van der Waals surface area contributed by atoms with Gasteiger partial charge in [0.2, 0.25) is 0 Å². The normalized spacial score (nSPS) is 10.8. The standard InChI is InChI=1S/C27H22N2O6/c1-33-24-12-9-20(15-25(24)34-2)27(32)35-21-10-7-17(8-11-21)16-28-29-26(31)22-13-18-5-3-4-6-19(18)14-23(22)30/h3-16,30H,1-2H3,(H,29,31). The SMILES string of the molecule is COc1ccc(C(=O)Oc2ccc(C=NNC(=O)c3cc4ccccc4cc3O)cc2)cc1OC. The quantitative estimate of drug-likeness (QED) is 0.178. The predicted octanol–water partition coefficient (Wildman–Crippen LogP) is 4.55. The first-order valence-corrected chi connectivity index (χ1v) is 10.6. The molecule has 176 valence electrons. The number of amides is 1. The van der Waals surface area contributed by atoms with E-state index in [1.807, 2.05) is 24.3 Å². The van der Waals surface area contributed by atoms with E-state index in [1.54, 1.807) is 42.5 Å². The Labute approximate surface area is 201 Å². The maximum atomic E-state index is 12.4. The highest BCUT2D eigenvalue weighted by atomic mass is 16.5. The van der Waals surface area contributed by atoms with Gasteiger partial charge in [0.1, 0.15) is 11.5 Å². The Bertz CT molecular complexity index is 1410. The number of aromatic hydroxyl groups is 1. The van der Waals surface area contributed by atoms with E-state index in [2.05, 4.69) is 10.5 Å². The van der Waals surface area contributed by atoms with Gasteiger partial charge in [0.15, 0.2) is 11.5 Å². The second-order valence-corrected chi connectivity index (χ2v) is 7.44. The van der Waals surface area contributed by atoms with Crippen molar-refractivity contribution in [3.8, 4) is 23.0 Å². The molecule has 4 rings (SSSR count). The van der Waals surface area contributed by atoms with Gasteiger partial charge >= 0.3 is 5.97 Å². The van der Waals surface area contributed by atoms with Crippen molar-refractivity contribution >= 4 is 28.9 Å². The monoisotopic (exact) mass is 470 g/mol. The van der Waals surface area contributed by atoms with Crippen LogP contribution < -0.4 is 19.6 Å². The van der Waals surface area contributed by atoms with Crippen LogP contribution in [0.25, 0.3) is 10.8 Å². The van der Waals surface area contributed by atoms with Gasteiger partial charge in [-0.25, -0.2) is 10.2 Å². The van der Waals surface area contributed by atoms with Crippen LogP contribution in [0.2, 0.25) is 0 Å². The number of hydrogen-bond acceptors (Lipinski definition) is 7. The Morgan fingerprint density at radius 3 is 2.23 bits per heavy atom. The van der Waals surface area contributed by atoms with Gasteiger partial charge in [0.25, 0.3) is 5.91 Å². The zero-order valence-electron chi connectivity index (χ0n) is 19.0. The van der Waals surface area contributed by atoms with E-state index in [0.29, 0.717) is 28.4 Å². The zero-order chi connectivity index (χ0) is 24.8. The highest BCUT2D eigenvalue weighted by Gasteiger charge is 2.13. The molecule has 4 aromatic carbocycles. The van der Waals surface area contributed by atoms with Crippen molar-refractivity contribution in [1.29, 1.82) is 0 Å². The summed E-state index contributed by atoms with van der Waals surface area (Å²) >= 11 is 0. The summed E-state index contributed by atoms with van der Waals surface area (Å²) in [6.07, 6.45) is 1.44. The van der Waals surface area contributed by atoms with Crippen LogP contribution >= 0.6 is 0 Å². The van der Waals surface area contributed by atoms with Crippen molar-refractivity contribution in [1.82, 2.24) is 5.43 Å². The van der Waals surface area contributed by atoms with Gasteiger partial charge in [-0.1, -0.05) is 24.3 Å². The van der Waals surface area contributed by atoms with Crippen molar-refractivity contribution in [3.05, 3.63) is 95.6 Å². The minimum Gasteiger partial charge on any atom is -0.507 e. The number of carbonyl (C=O) groups is 2. The number of hydrazone groups is 1. The molecule has 0 saturated carbocycles. The van der Waals surface area contributed by atoms with Crippen molar-refractivity contribution in [2.24, 2.45) is 5.10 Å². The van der Waals surface area contributed by atoms with Crippen LogP contribution in [0.3, 0.4) is 0 Å². The highest BCUT2D eigenvalue weighted by molar-refractivity contribution is 6.01. The number of esters is 1. The smallest absolute Gasteiger partial charge is 0.343 e. The summed E-state index contributed by atoms with van der Waals surface area (Å²) in [6, 6.07) is 21.9. The lowest BCUT2D eigenvalue weighted by Crippen LogP contribution is -2.17. The van der Waals surface area contributed by atoms with Gasteiger partial charge in [-0.3, -0.25) is 4.79 Å². The van der Waals surface area contributed by atoms with Gasteiger partial charge in [-0.2, -0.15) is 5.10 Å². The van der Waals surface area contributed by atoms with Crippen molar-refractivity contribution < 1.29 is 28.9 Å². The van der Waals surface area contributed by atoms with Gasteiger partial charge in [0, 0.05) is 0 Å². The van der Waals surface area contributed by atoms with E-state index in [4.69, 9.17) is 14.2 Å². The Hall–Kier alpha value is -4.85. The molecule has 8 heteroatoms. The fourth-order valence-electron chi connectivity index (χ4n) is 3.39. The molecule has 0 aliphatic carbocycles. The molecule has 0 saturated heterocycles. The molecule has 1 amide bonds. The Balaban J connectivity index is 1.38. The van der Waals surface area contributed by atoms with Crippen molar-refractivity contribution in [2.45, 2.75) is 0 Å². The maximum absolute atomic E-state index is 12.4. The van der Waals surface area contributed by atoms with E-state index in [-0.39, 0.29) is 11.3 Å². The first-order chi connectivity index (χ1) is 17.0. The molecule has 0 aliphatic heterocycles. The molecular formula is C27H22N2O6. The third-order valence-corrected chi connectivity index (χ3v) is 5.20. The van der Waals surface area contributed by atoms with Crippen LogP contribution in [0, 0.1) is 0 Å². The Kier molecular flexibility index (Phi) is 6.92. The summed E-state index contributed by atoms with van der Waals surface area (Å²) in [5.41, 5.74) is 3.51. The molecule has 0 atom stereocenters. The fraction of sp³-hybridized carbons (Fsp3) is 0.0741. The van der Waals surface area contributed by atoms with Crippen LogP contribution in [-0.4, -0.2) is 37.4 Å². The summed E-state index contributed by atoms with van der Waals surface area (Å²) in [7, 11) is 3.00. The van der Waals surface area contributed by atoms with Gasteiger partial charge in [-0.05, 0) is 70.9 Å². The van der Waals surface area contributed by atoms with Crippen LogP contribution in [-0.2, 0) is 0 Å². The molecule has 0 spiro atoms. The lowest BCUT2D eigenvalue weighted by molar-refractivity contribution is 0.0734. The lowest BCUT2D eigenvalue weighted by atomic mass is 10.1. The molecular weight excluding hydrogens is 448 g/mol. The van der Waals surface area contributed by atoms with Crippen molar-refractivity contribution in [2.75, 3.05) is 14.2 Å². The number of methoxy groups -OCH3 is 2. The Morgan fingerprint density at radius 2 is 1.54 bits per heavy atom. The molecule has 0 radical (unpaired) electrons. The summed E-state index contributed by atoms with van der Waals surface area (Å²) in [6.45, 7) is 0. The molecule has 8 nitrogen and oxygen atoms in total. The lowest BCUT2D eigenvalue weighted by Gasteiger charge is -2.09. The van der Waals surface area contributed by atoms with Gasteiger partial charge < -0.3 is 19.3 Å². The number of carbonyl (C=O) groups excluding carboxylic acids is 2. The third kappa shape index (κ3) is 5.39. The molecule has 35 heavy (non-hydrogen) atoms. The summed E-state index contributed by atoms with van der Waals surface area (Å²) < 4.78 is 15.8. The predicted molar refractivity (Wildman–Crippen MR) is 132 cm³/mol. The second-order valence-electron chi connectivity index (χ2n) is 7.44. The number of rotatable bonds is 7. The average Bonchev–Trinajstić information content (AvgIpc) is 2.88. The van der Waals surface area contributed by atoms with E-state index < -0.39 is 11.9 Å². The number of nitrogens with zero attached hydrogens (tertiary/aromatic N) is 1. The Morgan fingerprint density at radius 1 is 0.857 bits per heavy atom. The number of hydrogen-bond donors (Lipinski definition) is 2. The van der Waals surface area contributed by atoms with Crippen LogP contribution in [0.1, 0.15) is 26.3 Å². The maximum Gasteiger partial charge on any atom is 0.343 e. The minimum absolute atomic E-state index is 0.123. The van der Waals surface area contributed by atoms with E-state index in [9.17, 15) is 14.7 Å². The highest BCUT2D eigenvalue weighted by Crippen LogP contribution is 2.28. The minimum atomic E-state index is -0.546. The van der Waals surface area contributed by atoms with Crippen LogP contribution in [0.4, 0.5) is 0 Å². The molecule has 0 unspecified atom stereocenters. The largest absolute Gasteiger partial charge is 0.507 e. The van der Waals surface area contributed by atoms with Crippen molar-refractivity contribution in [3.63, 3.8) is 0 Å². The number of ether oxygens (including phenoxy) is 3. The summed E-state index contributed by atoms with van der Waals surface area (Å²) in [5, 5.41) is 15.8. The first-order valence-electron chi connectivity index (χ1n) is 10.6. The molecule has 4 aromatic rings. The first kappa shape index (κ1) is 23.3. The molecule has 0 aromatic heterocycles. The number of phenols is 1. The second kappa shape index (κ2) is 10.4. The number of benzene rings is 4. The molecule has 0 heterocycles. The van der Waals surface area contributed by atoms with Gasteiger partial charge in [-0.15, -0.1) is 0 Å². The number of fused-ring (bicyclic) bond motifs is 1. The summed E-state index contributed by atoms with van der Waals surface area (Å²) in [5.74, 6) is 0.0621. The third-order valence-electron chi connectivity index (χ3n) is 5.20. The summed E-state index contributed by atoms with van der Waals surface area (Å²) in [4.78, 5) is 24.9. The molecule has 0 bridgehead atoms. The molecule has 0 fully saturated rings. The fourth-order valence-corrected chi connectivity index (χ4v) is 3.39. The zero-order valence-corrected chi connectivity index (χ0v) is 19.0. The van der Waals surface area contributed by atoms with E-state index in [0.717, 1.165) is 10.8 Å². The van der Waals surface area contributed by atoms with Crippen LogP contribution in [0.15, 0.2) is 84.0 Å². The van der Waals surface area contributed by atoms with E-state index >= 15 is 0 Å². The average molecular weight is 470 g/mol. The van der Waals surface area contributed by atoms with Gasteiger partial charge in [0.05, 0.1) is 31.6 Å². The van der Waals surface area contributed by atoms with E-state index in [1.165, 1.54) is 32.6 Å². The molecule has 2 N–H and O–H groups in total. The van der Waals surface area contributed by atoms with Crippen LogP contribution in [0.5, 0.6) is 23.0 Å². The molecule has 0 aliphatic rings. The number of phenolic OH excluding ortho intramolecular Hbond substituents is 1.